The van der Waals surface area contributed by atoms with E-state index in [0.29, 0.717) is 242 Å². The number of fused-ring (bicyclic) bond motifs is 11. The second kappa shape index (κ2) is 52.5. The first-order valence-corrected chi connectivity index (χ1v) is 52.7. The number of nitrogens with one attached hydrogen (secondary N) is 4. The molecule has 4 N–H and O–H groups in total. The molecule has 46 nitrogen and oxygen atoms in total. The standard InChI is InChI=1S/3C10H12N2O2.C9H11N3O2.3C9H10N2O2.3C9H11NO3S.C8H9N3O2/c1-7-5-9-8(6-11-7)10(13)12(2)3-4-14-9;1-7-5-8-9(11-6-7)10(13)12(2)3-4-14-8;1-7-3-4-8-9(11-7)14-6-5-12(2)10(8)13;1-6-5-10-7-8(11-6)14-4-3-12(2)9(7)13;1-6-4-8-7(5-11-6)9(12)10-2-3-13-8;1-6-4-7-8(11-5-6)9(12)10-2-3-13-7;1-6-2-3-7-8(12)10-4-5-13-9(7)11-6;1-7-3-4-8-9(10-7)13-5-2-6-14(8,11)12;1-7-5-8-9(6-10-7)14(11,12)4-2-3-13-8;1-7-5-8-9(10-6-7)14(11,12)4-2-3-13-8;1-5-4-10-6-7(12)9-2-3-13-8(6)11-5/h2*5-6H,3-4H2,1-2H3;3-4H,5-6H2,1-2H3;5H,3-4H2,1-2H3;2*4-5H,2-3H2,1H3,(H,10,12);2-3H,4-5H2,1H3,(H,10,12);3-4H,2,5-6H2,1H3;2*5-6H,2-4H2,1H3;4H,2-3H2,1H3,(H,9,12). The molecule has 0 saturated heterocycles. The van der Waals surface area contributed by atoms with Crippen LogP contribution in [-0.2, 0) is 29.5 Å². The molecule has 11 aromatic rings. The SMILES string of the molecule is Cc1cc2c(cn1)C(=O)N(C)CCO2.Cc1cc2c(cn1)C(=O)NCCO2.Cc1cc2c(cn1)S(=O)(=O)CCCO2.Cc1ccc2c(n1)OCCCS2(=O)=O.Cc1ccc2c(n1)OCCN(C)C2=O.Cc1ccc2c(n1)OCCNC2=O.Cc1cnc2c(c1)OCCCS2(=O)=O.Cc1cnc2c(c1)OCCN(C)C2=O.Cc1cnc2c(c1)OCCNC2=O.Cc1cnc2c(n1)OCCN(C)C2=O.Cc1cnc2c(n1)OCCNC2=O. The summed E-state index contributed by atoms with van der Waals surface area (Å²) in [4.78, 5) is 152. The molecule has 0 radical (unpaired) electrons. The van der Waals surface area contributed by atoms with Gasteiger partial charge in [-0.05, 0) is 167 Å². The molecule has 0 aliphatic carbocycles. The molecule has 0 saturated carbocycles. The highest BCUT2D eigenvalue weighted by Gasteiger charge is 2.32. The van der Waals surface area contributed by atoms with Crippen molar-refractivity contribution >= 4 is 76.8 Å². The van der Waals surface area contributed by atoms with Crippen molar-refractivity contribution in [2.75, 3.05) is 170 Å². The maximum Gasteiger partial charge on any atom is 0.277 e. The van der Waals surface area contributed by atoms with Gasteiger partial charge in [0.25, 0.3) is 47.3 Å². The summed E-state index contributed by atoms with van der Waals surface area (Å²) in [7, 11) is -2.59. The van der Waals surface area contributed by atoms with E-state index in [1.165, 1.54) is 6.20 Å². The van der Waals surface area contributed by atoms with Crippen LogP contribution < -0.4 is 73.4 Å². The van der Waals surface area contributed by atoms with Crippen molar-refractivity contribution in [2.45, 2.75) is 110 Å². The summed E-state index contributed by atoms with van der Waals surface area (Å²) < 4.78 is 129. The first-order valence-electron chi connectivity index (χ1n) is 47.7. The largest absolute Gasteiger partial charge is 0.492 e. The van der Waals surface area contributed by atoms with Gasteiger partial charge in [-0.1, -0.05) is 0 Å². The number of carbonyl (C=O) groups excluding carboxylic acids is 8. The van der Waals surface area contributed by atoms with Gasteiger partial charge >= 0.3 is 0 Å². The number of amides is 8. The third kappa shape index (κ3) is 31.3. The van der Waals surface area contributed by atoms with Gasteiger partial charge in [0.1, 0.15) is 91.0 Å². The fourth-order valence-corrected chi connectivity index (χ4v) is 18.5. The van der Waals surface area contributed by atoms with Gasteiger partial charge in [-0.25, -0.2) is 75.1 Å². The molecule has 150 heavy (non-hydrogen) atoms. The molecule has 11 aliphatic heterocycles. The predicted molar refractivity (Wildman–Crippen MR) is 542 cm³/mol. The number of hydrogen-bond donors (Lipinski definition) is 4. The Balaban J connectivity index is 0.000000146. The first-order chi connectivity index (χ1) is 71.6. The molecular weight excluding hydrogens is 2000 g/mol. The number of aromatic nitrogens is 13. The van der Waals surface area contributed by atoms with Crippen LogP contribution >= 0.6 is 0 Å². The van der Waals surface area contributed by atoms with Crippen LogP contribution in [0, 0.1) is 76.2 Å². The van der Waals surface area contributed by atoms with Gasteiger partial charge in [0.05, 0.1) is 112 Å². The van der Waals surface area contributed by atoms with Gasteiger partial charge in [-0.3, -0.25) is 53.3 Å². The lowest BCUT2D eigenvalue weighted by Crippen LogP contribution is -2.28. The van der Waals surface area contributed by atoms with Crippen LogP contribution in [0.15, 0.2) is 137 Å². The second-order valence-corrected chi connectivity index (χ2v) is 41.1. The number of sulfone groups is 3. The molecule has 0 unspecified atom stereocenters. The smallest absolute Gasteiger partial charge is 0.277 e. The minimum Gasteiger partial charge on any atom is -0.492 e. The van der Waals surface area contributed by atoms with Gasteiger partial charge in [0.15, 0.2) is 74.6 Å². The van der Waals surface area contributed by atoms with Crippen LogP contribution in [0.1, 0.15) is 165 Å². The Kier molecular flexibility index (Phi) is 39.4. The van der Waals surface area contributed by atoms with Gasteiger partial charge < -0.3 is 93.0 Å². The van der Waals surface area contributed by atoms with Crippen LogP contribution in [0.5, 0.6) is 63.9 Å². The van der Waals surface area contributed by atoms with Crippen molar-refractivity contribution in [1.82, 2.24) is 106 Å². The van der Waals surface area contributed by atoms with Crippen molar-refractivity contribution in [3.05, 3.63) is 230 Å². The molecule has 22 heterocycles. The first kappa shape index (κ1) is 113. The lowest BCUT2D eigenvalue weighted by Gasteiger charge is -2.11. The van der Waals surface area contributed by atoms with Crippen molar-refractivity contribution in [2.24, 2.45) is 0 Å². The second-order valence-electron chi connectivity index (χ2n) is 34.9. The van der Waals surface area contributed by atoms with Crippen molar-refractivity contribution in [3.63, 3.8) is 0 Å². The number of nitrogens with zero attached hydrogens (tertiary/aromatic N) is 17. The van der Waals surface area contributed by atoms with Crippen LogP contribution in [0.3, 0.4) is 0 Å². The van der Waals surface area contributed by atoms with Gasteiger partial charge in [-0.15, -0.1) is 0 Å². The number of hydrogen-bond acceptors (Lipinski definition) is 38. The molecule has 0 spiro atoms. The van der Waals surface area contributed by atoms with E-state index < -0.39 is 29.5 Å². The summed E-state index contributed by atoms with van der Waals surface area (Å²) in [6.45, 7) is 30.2. The molecule has 22 rings (SSSR count). The number of rotatable bonds is 0. The third-order valence-corrected chi connectivity index (χ3v) is 27.7. The third-order valence-electron chi connectivity index (χ3n) is 22.4. The Morgan fingerprint density at radius 3 is 1.19 bits per heavy atom. The van der Waals surface area contributed by atoms with Crippen LogP contribution in [0.25, 0.3) is 0 Å². The van der Waals surface area contributed by atoms with Gasteiger partial charge in [0.2, 0.25) is 29.4 Å². The van der Waals surface area contributed by atoms with Crippen molar-refractivity contribution in [3.8, 4) is 63.9 Å². The zero-order valence-corrected chi connectivity index (χ0v) is 88.2. The highest BCUT2D eigenvalue weighted by atomic mass is 32.2. The number of aryl methyl sites for hydroxylation is 11. The van der Waals surface area contributed by atoms with E-state index in [4.69, 9.17) is 52.1 Å². The number of pyridine rings is 9. The molecule has 0 atom stereocenters. The molecule has 0 aromatic carbocycles. The van der Waals surface area contributed by atoms with E-state index in [9.17, 15) is 63.6 Å². The van der Waals surface area contributed by atoms with Crippen molar-refractivity contribution < 1.29 is 116 Å². The van der Waals surface area contributed by atoms with Crippen LogP contribution in [0.4, 0.5) is 0 Å². The summed E-state index contributed by atoms with van der Waals surface area (Å²) in [5.41, 5.74) is 12.9. The van der Waals surface area contributed by atoms with Crippen molar-refractivity contribution in [1.29, 1.82) is 0 Å². The minimum atomic E-state index is -3.23. The van der Waals surface area contributed by atoms with E-state index in [0.717, 1.165) is 62.2 Å². The van der Waals surface area contributed by atoms with E-state index in [2.05, 4.69) is 86.1 Å². The van der Waals surface area contributed by atoms with E-state index in [-0.39, 0.29) is 90.9 Å². The lowest BCUT2D eigenvalue weighted by molar-refractivity contribution is 0.0785. The summed E-state index contributed by atoms with van der Waals surface area (Å²) in [6.07, 6.45) is 14.1. The Morgan fingerprint density at radius 2 is 0.600 bits per heavy atom. The summed E-state index contributed by atoms with van der Waals surface area (Å²) in [5.74, 6) is 4.66. The zero-order valence-electron chi connectivity index (χ0n) is 85.8. The van der Waals surface area contributed by atoms with Gasteiger partial charge in [0, 0.05) is 130 Å². The van der Waals surface area contributed by atoms with Crippen LogP contribution in [-0.4, -0.2) is 327 Å². The Bertz CT molecular complexity index is 6380. The molecule has 0 bridgehead atoms. The average Bonchev–Trinajstić information content (AvgIpc) is 1.57. The average molecular weight is 2120 g/mol. The van der Waals surface area contributed by atoms with E-state index in [1.54, 1.807) is 167 Å². The molecule has 11 aliphatic rings. The molecular formula is C101H119N21O25S3. The molecule has 11 aromatic heterocycles. The maximum absolute atomic E-state index is 11.8. The summed E-state index contributed by atoms with van der Waals surface area (Å²) in [6, 6.07) is 21.0. The Morgan fingerprint density at radius 1 is 0.253 bits per heavy atom. The van der Waals surface area contributed by atoms with Crippen LogP contribution in [0.2, 0.25) is 0 Å². The highest BCUT2D eigenvalue weighted by Crippen LogP contribution is 2.33. The number of ether oxygens (including phenoxy) is 11. The quantitative estimate of drug-likeness (QED) is 0.118. The maximum atomic E-state index is 11.8. The zero-order chi connectivity index (χ0) is 108. The predicted octanol–water partition coefficient (Wildman–Crippen LogP) is 7.10. The highest BCUT2D eigenvalue weighted by molar-refractivity contribution is 7.92. The summed E-state index contributed by atoms with van der Waals surface area (Å²) in [5, 5.41) is 10.9. The monoisotopic (exact) mass is 2120 g/mol. The topological polar surface area (TPSA) is 569 Å². The summed E-state index contributed by atoms with van der Waals surface area (Å²) >= 11 is 0. The number of carbonyl (C=O) groups is 8. The fourth-order valence-electron chi connectivity index (χ4n) is 14.5. The molecule has 8 amide bonds. The normalized spacial score (nSPS) is 16.6. The molecule has 796 valence electrons. The molecule has 0 fully saturated rings. The van der Waals surface area contributed by atoms with Gasteiger partial charge in [-0.2, -0.15) is 0 Å². The Labute approximate surface area is 867 Å². The number of likely N-dealkylation sites (N-methyl/N-ethyl adjacent to an activating group) is 4. The lowest BCUT2D eigenvalue weighted by atomic mass is 10.2. The van der Waals surface area contributed by atoms with E-state index >= 15 is 0 Å². The molecule has 49 heteroatoms. The fraction of sp³-hybridized carbons (Fsp3) is 0.396. The Hall–Kier alpha value is -16.1. The van der Waals surface area contributed by atoms with E-state index in [1.807, 2.05) is 73.6 Å². The minimum absolute atomic E-state index is 0.0231.